The van der Waals surface area contributed by atoms with Gasteiger partial charge in [-0.3, -0.25) is 9.69 Å². The minimum atomic E-state index is 0.0898. The molecule has 0 saturated carbocycles. The van der Waals surface area contributed by atoms with Gasteiger partial charge in [0.05, 0.1) is 5.39 Å². The highest BCUT2D eigenvalue weighted by Crippen LogP contribution is 2.30. The Labute approximate surface area is 187 Å². The molecule has 0 spiro atoms. The number of nitrogens with zero attached hydrogens (tertiary/aromatic N) is 3. The van der Waals surface area contributed by atoms with Crippen molar-refractivity contribution in [2.45, 2.75) is 25.4 Å². The Balaban J connectivity index is 1.20. The molecule has 1 atom stereocenters. The summed E-state index contributed by atoms with van der Waals surface area (Å²) in [4.78, 5) is 17.9. The summed E-state index contributed by atoms with van der Waals surface area (Å²) in [7, 11) is 0. The zero-order valence-electron chi connectivity index (χ0n) is 17.9. The number of aromatic nitrogens is 1. The van der Waals surface area contributed by atoms with Crippen LogP contribution in [0, 0.1) is 0 Å². The third-order valence-corrected chi connectivity index (χ3v) is 6.89. The summed E-state index contributed by atoms with van der Waals surface area (Å²) in [5, 5.41) is 5.06. The maximum absolute atomic E-state index is 13.3. The van der Waals surface area contributed by atoms with Crippen LogP contribution in [0.4, 0.5) is 0 Å². The third-order valence-electron chi connectivity index (χ3n) is 6.89. The second kappa shape index (κ2) is 7.92. The Bertz CT molecular complexity index is 1280. The summed E-state index contributed by atoms with van der Waals surface area (Å²) < 4.78 is 5.60. The molecular weight excluding hydrogens is 398 g/mol. The van der Waals surface area contributed by atoms with Crippen LogP contribution in [0.1, 0.15) is 27.9 Å². The molecule has 0 aliphatic carbocycles. The molecule has 2 aliphatic heterocycles. The average Bonchev–Trinajstić information content (AvgIpc) is 3.51. The van der Waals surface area contributed by atoms with E-state index in [4.69, 9.17) is 4.52 Å². The summed E-state index contributed by atoms with van der Waals surface area (Å²) in [6.45, 7) is 3.63. The van der Waals surface area contributed by atoms with Crippen LogP contribution in [0.25, 0.3) is 22.2 Å². The van der Waals surface area contributed by atoms with Crippen molar-refractivity contribution in [1.29, 1.82) is 0 Å². The molecule has 32 heavy (non-hydrogen) atoms. The predicted octanol–water partition coefficient (Wildman–Crippen LogP) is 4.77. The second-order valence-corrected chi connectivity index (χ2v) is 8.79. The van der Waals surface area contributed by atoms with Gasteiger partial charge in [-0.2, -0.15) is 0 Å². The van der Waals surface area contributed by atoms with E-state index in [1.54, 1.807) is 0 Å². The fraction of sp³-hybridized carbons (Fsp3) is 0.259. The van der Waals surface area contributed by atoms with Crippen molar-refractivity contribution in [3.8, 4) is 11.3 Å². The quantitative estimate of drug-likeness (QED) is 0.476. The number of amides is 1. The molecule has 160 valence electrons. The highest BCUT2D eigenvalue weighted by Gasteiger charge is 2.32. The van der Waals surface area contributed by atoms with Crippen molar-refractivity contribution >= 4 is 16.8 Å². The van der Waals surface area contributed by atoms with Crippen LogP contribution in [0.2, 0.25) is 0 Å². The highest BCUT2D eigenvalue weighted by molar-refractivity contribution is 6.01. The molecule has 0 radical (unpaired) electrons. The Morgan fingerprint density at radius 2 is 1.75 bits per heavy atom. The van der Waals surface area contributed by atoms with Crippen molar-refractivity contribution in [3.63, 3.8) is 0 Å². The second-order valence-electron chi connectivity index (χ2n) is 8.79. The van der Waals surface area contributed by atoms with Crippen molar-refractivity contribution < 1.29 is 9.32 Å². The maximum Gasteiger partial charge on any atom is 0.253 e. The molecule has 1 saturated heterocycles. The van der Waals surface area contributed by atoms with Crippen molar-refractivity contribution in [1.82, 2.24) is 15.0 Å². The molecule has 3 heterocycles. The van der Waals surface area contributed by atoms with Crippen molar-refractivity contribution in [2.75, 3.05) is 19.6 Å². The minimum Gasteiger partial charge on any atom is -0.355 e. The summed E-state index contributed by atoms with van der Waals surface area (Å²) in [6.07, 6.45) is 2.12. The molecule has 5 heteroatoms. The fourth-order valence-corrected chi connectivity index (χ4v) is 5.11. The topological polar surface area (TPSA) is 49.6 Å². The number of hydrogen-bond acceptors (Lipinski definition) is 4. The summed E-state index contributed by atoms with van der Waals surface area (Å²) >= 11 is 0. The average molecular weight is 424 g/mol. The van der Waals surface area contributed by atoms with E-state index in [1.807, 2.05) is 53.4 Å². The van der Waals surface area contributed by atoms with E-state index in [2.05, 4.69) is 34.3 Å². The van der Waals surface area contributed by atoms with Crippen molar-refractivity contribution in [2.24, 2.45) is 0 Å². The summed E-state index contributed by atoms with van der Waals surface area (Å²) in [5.41, 5.74) is 5.32. The normalized spacial score (nSPS) is 18.8. The Kier molecular flexibility index (Phi) is 4.76. The number of carbonyl (C=O) groups excluding carboxylic acids is 1. The van der Waals surface area contributed by atoms with Crippen LogP contribution in [0.15, 0.2) is 77.3 Å². The van der Waals surface area contributed by atoms with Gasteiger partial charge in [-0.05, 0) is 42.2 Å². The zero-order valence-corrected chi connectivity index (χ0v) is 17.9. The van der Waals surface area contributed by atoms with Gasteiger partial charge >= 0.3 is 0 Å². The van der Waals surface area contributed by atoms with E-state index in [9.17, 15) is 4.79 Å². The Hall–Kier alpha value is -3.44. The lowest BCUT2D eigenvalue weighted by molar-refractivity contribution is 0.0773. The maximum atomic E-state index is 13.3. The van der Waals surface area contributed by atoms with Crippen LogP contribution < -0.4 is 0 Å². The summed E-state index contributed by atoms with van der Waals surface area (Å²) in [6, 6.07) is 24.7. The van der Waals surface area contributed by atoms with E-state index in [0.29, 0.717) is 17.4 Å². The molecule has 0 N–H and O–H groups in total. The van der Waals surface area contributed by atoms with Gasteiger partial charge in [0.2, 0.25) is 0 Å². The Morgan fingerprint density at radius 3 is 2.62 bits per heavy atom. The third kappa shape index (κ3) is 3.39. The monoisotopic (exact) mass is 423 g/mol. The number of hydrogen-bond donors (Lipinski definition) is 0. The first kappa shape index (κ1) is 19.3. The van der Waals surface area contributed by atoms with E-state index in [-0.39, 0.29) is 5.91 Å². The van der Waals surface area contributed by atoms with Crippen LogP contribution in [0.5, 0.6) is 0 Å². The first-order chi connectivity index (χ1) is 15.8. The number of rotatable bonds is 3. The first-order valence-corrected chi connectivity index (χ1v) is 11.3. The molecule has 6 rings (SSSR count). The van der Waals surface area contributed by atoms with Gasteiger partial charge in [0, 0.05) is 43.3 Å². The van der Waals surface area contributed by atoms with Gasteiger partial charge in [0.1, 0.15) is 5.52 Å². The van der Waals surface area contributed by atoms with E-state index in [1.165, 1.54) is 11.1 Å². The smallest absolute Gasteiger partial charge is 0.253 e. The molecule has 1 unspecified atom stereocenters. The molecule has 2 aliphatic rings. The fourth-order valence-electron chi connectivity index (χ4n) is 5.11. The standard InChI is InChI=1S/C27H25N3O2/c31-27(21-10-11-25-24(16-21)26(32-28-25)20-7-2-1-3-8-20)30-15-13-23(18-30)29-14-12-19-6-4-5-9-22(19)17-29/h1-11,16,23H,12-15,17-18H2. The lowest BCUT2D eigenvalue weighted by Gasteiger charge is -2.33. The Morgan fingerprint density at radius 1 is 0.938 bits per heavy atom. The first-order valence-electron chi connectivity index (χ1n) is 11.3. The SMILES string of the molecule is O=C(c1ccc2noc(-c3ccccc3)c2c1)N1CCC(N2CCc3ccccc3C2)C1. The van der Waals surface area contributed by atoms with E-state index < -0.39 is 0 Å². The van der Waals surface area contributed by atoms with Gasteiger partial charge in [0.15, 0.2) is 5.76 Å². The van der Waals surface area contributed by atoms with Crippen LogP contribution >= 0.6 is 0 Å². The van der Waals surface area contributed by atoms with Crippen LogP contribution in [-0.2, 0) is 13.0 Å². The number of benzene rings is 3. The van der Waals surface area contributed by atoms with E-state index >= 15 is 0 Å². The summed E-state index contributed by atoms with van der Waals surface area (Å²) in [5.74, 6) is 0.800. The molecule has 3 aromatic carbocycles. The molecule has 1 aromatic heterocycles. The highest BCUT2D eigenvalue weighted by atomic mass is 16.5. The number of likely N-dealkylation sites (tertiary alicyclic amines) is 1. The predicted molar refractivity (Wildman–Crippen MR) is 124 cm³/mol. The minimum absolute atomic E-state index is 0.0898. The van der Waals surface area contributed by atoms with E-state index in [0.717, 1.165) is 55.5 Å². The number of carbonyl (C=O) groups is 1. The lowest BCUT2D eigenvalue weighted by Crippen LogP contribution is -2.41. The lowest BCUT2D eigenvalue weighted by atomic mass is 9.98. The van der Waals surface area contributed by atoms with Gasteiger partial charge in [0.25, 0.3) is 5.91 Å². The van der Waals surface area contributed by atoms with Gasteiger partial charge in [-0.1, -0.05) is 59.8 Å². The molecule has 1 amide bonds. The zero-order chi connectivity index (χ0) is 21.5. The number of fused-ring (bicyclic) bond motifs is 2. The molecule has 5 nitrogen and oxygen atoms in total. The van der Waals surface area contributed by atoms with Gasteiger partial charge < -0.3 is 9.42 Å². The largest absolute Gasteiger partial charge is 0.355 e. The molecule has 0 bridgehead atoms. The van der Waals surface area contributed by atoms with Gasteiger partial charge in [-0.25, -0.2) is 0 Å². The molecular formula is C27H25N3O2. The van der Waals surface area contributed by atoms with Crippen LogP contribution in [0.3, 0.4) is 0 Å². The molecule has 4 aromatic rings. The van der Waals surface area contributed by atoms with Crippen molar-refractivity contribution in [3.05, 3.63) is 89.5 Å². The van der Waals surface area contributed by atoms with Crippen LogP contribution in [-0.4, -0.2) is 46.5 Å². The van der Waals surface area contributed by atoms with Gasteiger partial charge in [-0.15, -0.1) is 0 Å². The molecule has 1 fully saturated rings.